The van der Waals surface area contributed by atoms with Crippen molar-refractivity contribution in [1.82, 2.24) is 0 Å². The van der Waals surface area contributed by atoms with Crippen LogP contribution in [0.4, 0.5) is 0 Å². The number of hydrogen-bond acceptors (Lipinski definition) is 2. The molecule has 62 valence electrons. The molecule has 12 heavy (non-hydrogen) atoms. The van der Waals surface area contributed by atoms with Crippen LogP contribution in [0.15, 0.2) is 12.1 Å². The summed E-state index contributed by atoms with van der Waals surface area (Å²) in [6.45, 7) is 2.48. The number of nitrogens with zero attached hydrogens (tertiary/aromatic N) is 1. The highest BCUT2D eigenvalue weighted by atomic mass is 127. The molecular formula is C9H9IN2. The summed E-state index contributed by atoms with van der Waals surface area (Å²) >= 11 is 2.25. The number of nitriles is 1. The van der Waals surface area contributed by atoms with Gasteiger partial charge in [0.1, 0.15) is 0 Å². The van der Waals surface area contributed by atoms with E-state index in [0.29, 0.717) is 12.1 Å². The van der Waals surface area contributed by atoms with Crippen molar-refractivity contribution in [3.05, 3.63) is 32.4 Å². The molecule has 2 N–H and O–H groups in total. The SMILES string of the molecule is Cc1cc(C#N)cc(CN)c1I. The fraction of sp³-hybridized carbons (Fsp3) is 0.222. The second-order valence-corrected chi connectivity index (χ2v) is 3.66. The first-order chi connectivity index (χ1) is 5.69. The van der Waals surface area contributed by atoms with Crippen LogP contribution in [0, 0.1) is 21.8 Å². The van der Waals surface area contributed by atoms with Gasteiger partial charge in [-0.25, -0.2) is 0 Å². The molecule has 2 nitrogen and oxygen atoms in total. The van der Waals surface area contributed by atoms with Crippen LogP contribution in [0.3, 0.4) is 0 Å². The number of hydrogen-bond donors (Lipinski definition) is 1. The summed E-state index contributed by atoms with van der Waals surface area (Å²) in [7, 11) is 0. The molecule has 0 saturated heterocycles. The molecule has 0 aliphatic carbocycles. The second-order valence-electron chi connectivity index (χ2n) is 2.58. The first kappa shape index (κ1) is 9.49. The van der Waals surface area contributed by atoms with Gasteiger partial charge in [-0.15, -0.1) is 0 Å². The molecule has 0 aliphatic heterocycles. The minimum Gasteiger partial charge on any atom is -0.326 e. The maximum absolute atomic E-state index is 8.68. The van der Waals surface area contributed by atoms with Crippen LogP contribution < -0.4 is 5.73 Å². The second kappa shape index (κ2) is 3.87. The van der Waals surface area contributed by atoms with Gasteiger partial charge in [0.15, 0.2) is 0 Å². The van der Waals surface area contributed by atoms with E-state index in [1.807, 2.05) is 19.1 Å². The predicted molar refractivity (Wildman–Crippen MR) is 56.5 cm³/mol. The molecule has 1 aromatic carbocycles. The molecule has 0 unspecified atom stereocenters. The van der Waals surface area contributed by atoms with Crippen LogP contribution in [0.25, 0.3) is 0 Å². The van der Waals surface area contributed by atoms with Gasteiger partial charge in [-0.1, -0.05) is 0 Å². The molecule has 0 aromatic heterocycles. The zero-order valence-electron chi connectivity index (χ0n) is 6.76. The number of halogens is 1. The molecule has 0 bridgehead atoms. The number of nitrogens with two attached hydrogens (primary N) is 1. The van der Waals surface area contributed by atoms with Gasteiger partial charge >= 0.3 is 0 Å². The largest absolute Gasteiger partial charge is 0.326 e. The predicted octanol–water partition coefficient (Wildman–Crippen LogP) is 1.93. The van der Waals surface area contributed by atoms with E-state index < -0.39 is 0 Å². The van der Waals surface area contributed by atoms with E-state index in [2.05, 4.69) is 28.7 Å². The minimum absolute atomic E-state index is 0.495. The van der Waals surface area contributed by atoms with Gasteiger partial charge in [0.25, 0.3) is 0 Å². The zero-order valence-corrected chi connectivity index (χ0v) is 8.92. The maximum atomic E-state index is 8.68. The number of rotatable bonds is 1. The Kier molecular flexibility index (Phi) is 3.06. The van der Waals surface area contributed by atoms with E-state index in [9.17, 15) is 0 Å². The molecule has 0 spiro atoms. The summed E-state index contributed by atoms with van der Waals surface area (Å²) in [6.07, 6.45) is 0. The van der Waals surface area contributed by atoms with Crippen molar-refractivity contribution in [2.24, 2.45) is 5.73 Å². The van der Waals surface area contributed by atoms with E-state index in [1.54, 1.807) is 0 Å². The lowest BCUT2D eigenvalue weighted by Crippen LogP contribution is -2.01. The molecule has 0 heterocycles. The van der Waals surface area contributed by atoms with Crippen molar-refractivity contribution in [2.75, 3.05) is 0 Å². The van der Waals surface area contributed by atoms with Crippen LogP contribution >= 0.6 is 22.6 Å². The van der Waals surface area contributed by atoms with Gasteiger partial charge in [-0.05, 0) is 52.8 Å². The molecule has 0 aliphatic rings. The van der Waals surface area contributed by atoms with E-state index in [0.717, 1.165) is 14.7 Å². The molecule has 1 rings (SSSR count). The third-order valence-electron chi connectivity index (χ3n) is 1.68. The normalized spacial score (nSPS) is 9.50. The Morgan fingerprint density at radius 2 is 2.25 bits per heavy atom. The van der Waals surface area contributed by atoms with E-state index in [-0.39, 0.29) is 0 Å². The Morgan fingerprint density at radius 1 is 1.58 bits per heavy atom. The van der Waals surface area contributed by atoms with E-state index in [1.165, 1.54) is 0 Å². The third kappa shape index (κ3) is 1.76. The van der Waals surface area contributed by atoms with Crippen LogP contribution in [0.2, 0.25) is 0 Å². The summed E-state index contributed by atoms with van der Waals surface area (Å²) in [5.74, 6) is 0. The van der Waals surface area contributed by atoms with Crippen molar-refractivity contribution in [2.45, 2.75) is 13.5 Å². The Morgan fingerprint density at radius 3 is 2.75 bits per heavy atom. The van der Waals surface area contributed by atoms with Crippen LogP contribution in [-0.2, 0) is 6.54 Å². The van der Waals surface area contributed by atoms with Gasteiger partial charge < -0.3 is 5.73 Å². The van der Waals surface area contributed by atoms with Gasteiger partial charge in [0.2, 0.25) is 0 Å². The van der Waals surface area contributed by atoms with E-state index in [4.69, 9.17) is 11.0 Å². The molecule has 0 fully saturated rings. The number of benzene rings is 1. The standard InChI is InChI=1S/C9H9IN2/c1-6-2-7(4-11)3-8(5-12)9(6)10/h2-3H,5,12H2,1H3. The molecule has 0 radical (unpaired) electrons. The monoisotopic (exact) mass is 272 g/mol. The first-order valence-corrected chi connectivity index (χ1v) is 4.66. The quantitative estimate of drug-likeness (QED) is 0.794. The smallest absolute Gasteiger partial charge is 0.0991 e. The maximum Gasteiger partial charge on any atom is 0.0991 e. The van der Waals surface area contributed by atoms with Crippen LogP contribution in [0.1, 0.15) is 16.7 Å². The minimum atomic E-state index is 0.495. The third-order valence-corrected chi connectivity index (χ3v) is 3.22. The fourth-order valence-electron chi connectivity index (χ4n) is 1.06. The van der Waals surface area contributed by atoms with Crippen molar-refractivity contribution in [1.29, 1.82) is 5.26 Å². The summed E-state index contributed by atoms with van der Waals surface area (Å²) in [4.78, 5) is 0. The highest BCUT2D eigenvalue weighted by Gasteiger charge is 2.03. The topological polar surface area (TPSA) is 49.8 Å². The molecular weight excluding hydrogens is 263 g/mol. The lowest BCUT2D eigenvalue weighted by atomic mass is 10.1. The van der Waals surface area contributed by atoms with Gasteiger partial charge in [0, 0.05) is 10.1 Å². The van der Waals surface area contributed by atoms with E-state index >= 15 is 0 Å². The molecule has 0 amide bonds. The molecule has 1 aromatic rings. The highest BCUT2D eigenvalue weighted by Crippen LogP contribution is 2.18. The summed E-state index contributed by atoms with van der Waals surface area (Å²) < 4.78 is 1.16. The molecule has 0 atom stereocenters. The van der Waals surface area contributed by atoms with Gasteiger partial charge in [0.05, 0.1) is 11.6 Å². The Hall–Kier alpha value is -0.600. The molecule has 3 heteroatoms. The van der Waals surface area contributed by atoms with Crippen molar-refractivity contribution >= 4 is 22.6 Å². The summed E-state index contributed by atoms with van der Waals surface area (Å²) in [5.41, 5.74) is 8.39. The summed E-state index contributed by atoms with van der Waals surface area (Å²) in [6, 6.07) is 5.83. The first-order valence-electron chi connectivity index (χ1n) is 3.58. The van der Waals surface area contributed by atoms with Crippen molar-refractivity contribution in [3.8, 4) is 6.07 Å². The number of aryl methyl sites for hydroxylation is 1. The van der Waals surface area contributed by atoms with Crippen molar-refractivity contribution in [3.63, 3.8) is 0 Å². The van der Waals surface area contributed by atoms with Crippen molar-refractivity contribution < 1.29 is 0 Å². The average molecular weight is 272 g/mol. The highest BCUT2D eigenvalue weighted by molar-refractivity contribution is 14.1. The van der Waals surface area contributed by atoms with Gasteiger partial charge in [-0.2, -0.15) is 5.26 Å². The zero-order chi connectivity index (χ0) is 9.14. The lowest BCUT2D eigenvalue weighted by molar-refractivity contribution is 1.05. The lowest BCUT2D eigenvalue weighted by Gasteiger charge is -2.04. The molecule has 0 saturated carbocycles. The Labute approximate surface area is 85.5 Å². The van der Waals surface area contributed by atoms with Crippen LogP contribution in [0.5, 0.6) is 0 Å². The summed E-state index contributed by atoms with van der Waals surface area (Å²) in [5, 5.41) is 8.68. The van der Waals surface area contributed by atoms with Gasteiger partial charge in [-0.3, -0.25) is 0 Å². The fourth-order valence-corrected chi connectivity index (χ4v) is 1.59. The Balaban J connectivity index is 3.31. The average Bonchev–Trinajstić information content (AvgIpc) is 2.09. The van der Waals surface area contributed by atoms with Crippen LogP contribution in [-0.4, -0.2) is 0 Å². The Bertz CT molecular complexity index is 339.